The lowest BCUT2D eigenvalue weighted by Gasteiger charge is -2.20. The number of benzene rings is 1. The molecule has 0 fully saturated rings. The smallest absolute Gasteiger partial charge is 0.416 e. The summed E-state index contributed by atoms with van der Waals surface area (Å²) in [6.45, 7) is 3.50. The van der Waals surface area contributed by atoms with Crippen molar-refractivity contribution in [2.45, 2.75) is 26.4 Å². The Morgan fingerprint density at radius 3 is 2.71 bits per heavy atom. The van der Waals surface area contributed by atoms with Crippen LogP contribution in [-0.2, 0) is 12.6 Å². The molecular weight excluding hydrogens is 409 g/mol. The number of rotatable bonds is 3. The largest absolute Gasteiger partial charge is 0.437 e. The Labute approximate surface area is 176 Å². The van der Waals surface area contributed by atoms with Crippen molar-refractivity contribution in [3.05, 3.63) is 71.0 Å². The monoisotopic (exact) mass is 428 g/mol. The van der Waals surface area contributed by atoms with Gasteiger partial charge in [-0.15, -0.1) is 0 Å². The lowest BCUT2D eigenvalue weighted by Crippen LogP contribution is -2.33. The van der Waals surface area contributed by atoms with Crippen LogP contribution in [0.3, 0.4) is 0 Å². The van der Waals surface area contributed by atoms with Gasteiger partial charge in [-0.25, -0.2) is 4.79 Å². The zero-order chi connectivity index (χ0) is 22.2. The number of amides is 2. The Morgan fingerprint density at radius 2 is 1.97 bits per heavy atom. The number of nitrogens with one attached hydrogen (secondary N) is 1. The molecule has 2 aromatic heterocycles. The van der Waals surface area contributed by atoms with Gasteiger partial charge in [-0.05, 0) is 55.7 Å². The number of hydrogen-bond donors (Lipinski definition) is 1. The molecular formula is C22H19F3N4O2. The average Bonchev–Trinajstić information content (AvgIpc) is 3.11. The Bertz CT molecular complexity index is 1150. The van der Waals surface area contributed by atoms with Crippen LogP contribution in [0.1, 0.15) is 22.4 Å². The first-order valence-electron chi connectivity index (χ1n) is 9.58. The SMILES string of the molecule is Cc1cc2c(cc1C(F)(F)F)N(C(=O)Nc1cccc(Oc3cccnc3C)n1)CC2. The maximum atomic E-state index is 13.3. The molecule has 3 heterocycles. The van der Waals surface area contributed by atoms with Crippen LogP contribution < -0.4 is 15.0 Å². The number of hydrogen-bond acceptors (Lipinski definition) is 4. The van der Waals surface area contributed by atoms with Crippen molar-refractivity contribution in [1.29, 1.82) is 0 Å². The van der Waals surface area contributed by atoms with Gasteiger partial charge in [0, 0.05) is 24.5 Å². The van der Waals surface area contributed by atoms with Gasteiger partial charge in [0.1, 0.15) is 5.82 Å². The van der Waals surface area contributed by atoms with Crippen LogP contribution in [-0.4, -0.2) is 22.5 Å². The zero-order valence-corrected chi connectivity index (χ0v) is 16.8. The number of aryl methyl sites for hydroxylation is 2. The number of halogens is 3. The quantitative estimate of drug-likeness (QED) is 0.598. The topological polar surface area (TPSA) is 67.4 Å². The van der Waals surface area contributed by atoms with Gasteiger partial charge in [-0.3, -0.25) is 15.2 Å². The second kappa shape index (κ2) is 7.90. The van der Waals surface area contributed by atoms with Gasteiger partial charge in [-0.2, -0.15) is 18.2 Å². The van der Waals surface area contributed by atoms with E-state index < -0.39 is 17.8 Å². The molecule has 0 unspecified atom stereocenters. The van der Waals surface area contributed by atoms with E-state index in [-0.39, 0.29) is 29.5 Å². The first kappa shape index (κ1) is 20.6. The predicted molar refractivity (Wildman–Crippen MR) is 110 cm³/mol. The molecule has 0 bridgehead atoms. The number of anilines is 2. The Kier molecular flexibility index (Phi) is 5.26. The van der Waals surface area contributed by atoms with Crippen molar-refractivity contribution in [2.24, 2.45) is 0 Å². The number of pyridine rings is 2. The highest BCUT2D eigenvalue weighted by atomic mass is 19.4. The molecule has 4 rings (SSSR count). The lowest BCUT2D eigenvalue weighted by atomic mass is 10.0. The van der Waals surface area contributed by atoms with E-state index in [2.05, 4.69) is 15.3 Å². The number of urea groups is 1. The summed E-state index contributed by atoms with van der Waals surface area (Å²) in [5.41, 5.74) is 1.05. The van der Waals surface area contributed by atoms with Crippen LogP contribution in [0, 0.1) is 13.8 Å². The molecule has 1 aliphatic rings. The van der Waals surface area contributed by atoms with E-state index >= 15 is 0 Å². The predicted octanol–water partition coefficient (Wildman–Crippen LogP) is 5.50. The van der Waals surface area contributed by atoms with Crippen LogP contribution in [0.2, 0.25) is 0 Å². The molecule has 160 valence electrons. The molecule has 2 amide bonds. The van der Waals surface area contributed by atoms with E-state index in [1.54, 1.807) is 43.5 Å². The third-order valence-corrected chi connectivity index (χ3v) is 5.00. The lowest BCUT2D eigenvalue weighted by molar-refractivity contribution is -0.138. The zero-order valence-electron chi connectivity index (χ0n) is 16.8. The summed E-state index contributed by atoms with van der Waals surface area (Å²) < 4.78 is 45.6. The first-order chi connectivity index (χ1) is 14.7. The first-order valence-corrected chi connectivity index (χ1v) is 9.58. The van der Waals surface area contributed by atoms with E-state index in [4.69, 9.17) is 4.74 Å². The minimum Gasteiger partial charge on any atom is -0.437 e. The molecule has 0 saturated carbocycles. The summed E-state index contributed by atoms with van der Waals surface area (Å²) in [5, 5.41) is 2.64. The number of carbonyl (C=O) groups excluding carboxylic acids is 1. The molecule has 0 atom stereocenters. The number of aromatic nitrogens is 2. The molecule has 9 heteroatoms. The highest BCUT2D eigenvalue weighted by Gasteiger charge is 2.35. The molecule has 1 aromatic carbocycles. The molecule has 0 aliphatic carbocycles. The Morgan fingerprint density at radius 1 is 1.16 bits per heavy atom. The molecule has 1 aliphatic heterocycles. The van der Waals surface area contributed by atoms with Crippen molar-refractivity contribution in [3.8, 4) is 11.6 Å². The van der Waals surface area contributed by atoms with Gasteiger partial charge in [0.2, 0.25) is 5.88 Å². The van der Waals surface area contributed by atoms with Gasteiger partial charge in [0.05, 0.1) is 11.3 Å². The number of fused-ring (bicyclic) bond motifs is 1. The Hall–Kier alpha value is -3.62. The van der Waals surface area contributed by atoms with Crippen molar-refractivity contribution in [3.63, 3.8) is 0 Å². The van der Waals surface area contributed by atoms with Gasteiger partial charge in [0.15, 0.2) is 5.75 Å². The standard InChI is InChI=1S/C22H19F3N4O2/c1-13-11-15-8-10-29(17(15)12-16(13)22(23,24)25)21(30)28-19-6-3-7-20(27-19)31-18-5-4-9-26-14(18)2/h3-7,9,11-12H,8,10H2,1-2H3,(H,27,28,30). The van der Waals surface area contributed by atoms with Gasteiger partial charge < -0.3 is 4.74 Å². The minimum absolute atomic E-state index is 0.144. The van der Waals surface area contributed by atoms with E-state index in [1.807, 2.05) is 0 Å². The minimum atomic E-state index is -4.48. The van der Waals surface area contributed by atoms with E-state index in [0.29, 0.717) is 23.4 Å². The van der Waals surface area contributed by atoms with Crippen LogP contribution in [0.25, 0.3) is 0 Å². The summed E-state index contributed by atoms with van der Waals surface area (Å²) in [6.07, 6.45) is -2.36. The second-order valence-electron chi connectivity index (χ2n) is 7.18. The number of alkyl halides is 3. The molecule has 0 saturated heterocycles. The van der Waals surface area contributed by atoms with Crippen molar-refractivity contribution >= 4 is 17.5 Å². The van der Waals surface area contributed by atoms with Gasteiger partial charge >= 0.3 is 12.2 Å². The number of carbonyl (C=O) groups is 1. The summed E-state index contributed by atoms with van der Waals surface area (Å²) in [6, 6.07) is 10.3. The highest BCUT2D eigenvalue weighted by Crippen LogP contribution is 2.38. The summed E-state index contributed by atoms with van der Waals surface area (Å²) in [5.74, 6) is 1.01. The van der Waals surface area contributed by atoms with Crippen LogP contribution >= 0.6 is 0 Å². The van der Waals surface area contributed by atoms with Crippen LogP contribution in [0.5, 0.6) is 11.6 Å². The fraction of sp³-hybridized carbons (Fsp3) is 0.227. The Balaban J connectivity index is 1.54. The van der Waals surface area contributed by atoms with Crippen molar-refractivity contribution in [1.82, 2.24) is 9.97 Å². The van der Waals surface area contributed by atoms with Gasteiger partial charge in [0.25, 0.3) is 0 Å². The molecule has 0 radical (unpaired) electrons. The molecule has 6 nitrogen and oxygen atoms in total. The fourth-order valence-electron chi connectivity index (χ4n) is 3.49. The number of nitrogens with zero attached hydrogens (tertiary/aromatic N) is 3. The van der Waals surface area contributed by atoms with Crippen molar-refractivity contribution in [2.75, 3.05) is 16.8 Å². The molecule has 3 aromatic rings. The highest BCUT2D eigenvalue weighted by molar-refractivity contribution is 6.02. The third kappa shape index (κ3) is 4.30. The fourth-order valence-corrected chi connectivity index (χ4v) is 3.49. The normalized spacial score (nSPS) is 13.1. The summed E-state index contributed by atoms with van der Waals surface area (Å²) in [7, 11) is 0. The summed E-state index contributed by atoms with van der Waals surface area (Å²) in [4.78, 5) is 22.5. The molecule has 31 heavy (non-hydrogen) atoms. The van der Waals surface area contributed by atoms with Crippen molar-refractivity contribution < 1.29 is 22.7 Å². The van der Waals surface area contributed by atoms with E-state index in [1.165, 1.54) is 17.9 Å². The van der Waals surface area contributed by atoms with Gasteiger partial charge in [-0.1, -0.05) is 12.1 Å². The van der Waals surface area contributed by atoms with E-state index in [0.717, 1.165) is 6.07 Å². The maximum absolute atomic E-state index is 13.3. The van der Waals surface area contributed by atoms with E-state index in [9.17, 15) is 18.0 Å². The number of ether oxygens (including phenoxy) is 1. The van der Waals surface area contributed by atoms with Crippen LogP contribution in [0.15, 0.2) is 48.7 Å². The average molecular weight is 428 g/mol. The second-order valence-corrected chi connectivity index (χ2v) is 7.18. The maximum Gasteiger partial charge on any atom is 0.416 e. The molecule has 0 spiro atoms. The summed E-state index contributed by atoms with van der Waals surface area (Å²) >= 11 is 0. The molecule has 1 N–H and O–H groups in total. The third-order valence-electron chi connectivity index (χ3n) is 5.00. The van der Waals surface area contributed by atoms with Crippen LogP contribution in [0.4, 0.5) is 29.5 Å².